The average Bonchev–Trinajstić information content (AvgIpc) is 3.40. The van der Waals surface area contributed by atoms with E-state index in [4.69, 9.17) is 17.3 Å². The van der Waals surface area contributed by atoms with Gasteiger partial charge in [0.1, 0.15) is 15.4 Å². The predicted octanol–water partition coefficient (Wildman–Crippen LogP) is 4.54. The lowest BCUT2D eigenvalue weighted by molar-refractivity contribution is -0.116. The number of nitrogens with one attached hydrogen (secondary N) is 1. The van der Waals surface area contributed by atoms with Gasteiger partial charge in [-0.2, -0.15) is 10.2 Å². The Morgan fingerprint density at radius 1 is 1.20 bits per heavy atom. The highest BCUT2D eigenvalue weighted by Gasteiger charge is 2.26. The van der Waals surface area contributed by atoms with Gasteiger partial charge in [0.25, 0.3) is 12.3 Å². The van der Waals surface area contributed by atoms with Gasteiger partial charge in [0.15, 0.2) is 0 Å². The van der Waals surface area contributed by atoms with Gasteiger partial charge in [-0.25, -0.2) is 13.8 Å². The van der Waals surface area contributed by atoms with Crippen LogP contribution in [0.25, 0.3) is 21.3 Å². The summed E-state index contributed by atoms with van der Waals surface area (Å²) in [7, 11) is 1.71. The number of carbonyl (C=O) groups excluding carboxylic acids is 2. The third-order valence-corrected chi connectivity index (χ3v) is 7.19. The van der Waals surface area contributed by atoms with Gasteiger partial charge in [-0.05, 0) is 32.4 Å². The molecular weight excluding hydrogens is 500 g/mol. The Morgan fingerprint density at radius 2 is 1.91 bits per heavy atom. The van der Waals surface area contributed by atoms with Crippen molar-refractivity contribution in [2.75, 3.05) is 5.32 Å². The number of amides is 2. The lowest BCUT2D eigenvalue weighted by Gasteiger charge is -2.11. The number of aromatic nitrogens is 5. The van der Waals surface area contributed by atoms with E-state index >= 15 is 0 Å². The summed E-state index contributed by atoms with van der Waals surface area (Å²) in [5, 5.41) is 12.2. The molecule has 13 heteroatoms. The molecule has 35 heavy (non-hydrogen) atoms. The number of hydrogen-bond donors (Lipinski definition) is 2. The number of nitrogens with zero attached hydrogens (tertiary/aromatic N) is 5. The van der Waals surface area contributed by atoms with Crippen LogP contribution in [0.15, 0.2) is 12.3 Å². The quantitative estimate of drug-likeness (QED) is 0.370. The molecule has 2 amide bonds. The van der Waals surface area contributed by atoms with Crippen LogP contribution in [0.2, 0.25) is 5.02 Å². The summed E-state index contributed by atoms with van der Waals surface area (Å²) in [6, 6.07) is 1.25. The summed E-state index contributed by atoms with van der Waals surface area (Å²) in [4.78, 5) is 29.4. The Hall–Kier alpha value is -3.38. The fourth-order valence-electron chi connectivity index (χ4n) is 3.90. The van der Waals surface area contributed by atoms with Crippen molar-refractivity contribution in [3.8, 4) is 11.1 Å². The van der Waals surface area contributed by atoms with Crippen molar-refractivity contribution < 1.29 is 18.4 Å². The number of thiophene rings is 1. The number of primary amides is 1. The second-order valence-electron chi connectivity index (χ2n) is 8.05. The first-order chi connectivity index (χ1) is 16.5. The molecule has 0 aliphatic rings. The Balaban J connectivity index is 1.79. The molecule has 0 fully saturated rings. The van der Waals surface area contributed by atoms with Gasteiger partial charge >= 0.3 is 0 Å². The van der Waals surface area contributed by atoms with E-state index in [2.05, 4.69) is 20.5 Å². The minimum Gasteiger partial charge on any atom is -0.365 e. The molecule has 0 aliphatic carbocycles. The molecule has 0 atom stereocenters. The van der Waals surface area contributed by atoms with Crippen LogP contribution in [-0.4, -0.2) is 36.4 Å². The van der Waals surface area contributed by atoms with Crippen LogP contribution in [-0.2, 0) is 18.4 Å². The first-order valence-electron chi connectivity index (χ1n) is 10.5. The number of nitrogens with two attached hydrogens (primary N) is 1. The van der Waals surface area contributed by atoms with E-state index in [-0.39, 0.29) is 28.4 Å². The molecule has 184 valence electrons. The molecule has 0 saturated heterocycles. The minimum absolute atomic E-state index is 0.0178. The minimum atomic E-state index is -2.83. The zero-order valence-electron chi connectivity index (χ0n) is 19.3. The molecule has 0 unspecified atom stereocenters. The summed E-state index contributed by atoms with van der Waals surface area (Å²) < 4.78 is 30.5. The Labute approximate surface area is 207 Å². The molecule has 0 saturated carbocycles. The number of anilines is 1. The zero-order valence-corrected chi connectivity index (χ0v) is 20.9. The summed E-state index contributed by atoms with van der Waals surface area (Å²) >= 11 is 7.03. The van der Waals surface area contributed by atoms with Gasteiger partial charge < -0.3 is 11.1 Å². The maximum absolute atomic E-state index is 13.6. The van der Waals surface area contributed by atoms with Gasteiger partial charge in [-0.3, -0.25) is 19.0 Å². The van der Waals surface area contributed by atoms with Crippen molar-refractivity contribution >= 4 is 50.7 Å². The highest BCUT2D eigenvalue weighted by Crippen LogP contribution is 2.43. The van der Waals surface area contributed by atoms with Crippen LogP contribution >= 0.6 is 22.9 Å². The van der Waals surface area contributed by atoms with Crippen LogP contribution in [0.5, 0.6) is 0 Å². The van der Waals surface area contributed by atoms with E-state index in [1.165, 1.54) is 6.07 Å². The molecule has 4 rings (SSSR count). The number of halogens is 3. The highest BCUT2D eigenvalue weighted by molar-refractivity contribution is 7.21. The molecule has 3 N–H and O–H groups in total. The van der Waals surface area contributed by atoms with Gasteiger partial charge in [0.05, 0.1) is 34.3 Å². The van der Waals surface area contributed by atoms with Crippen molar-refractivity contribution in [1.82, 2.24) is 24.5 Å². The normalized spacial score (nSPS) is 11.5. The topological polar surface area (TPSA) is 121 Å². The number of rotatable bonds is 7. The summed E-state index contributed by atoms with van der Waals surface area (Å²) in [5.74, 6) is -1.22. The van der Waals surface area contributed by atoms with E-state index in [0.717, 1.165) is 17.0 Å². The highest BCUT2D eigenvalue weighted by atomic mass is 35.5. The Kier molecular flexibility index (Phi) is 6.60. The van der Waals surface area contributed by atoms with E-state index < -0.39 is 23.9 Å². The molecule has 4 aromatic rings. The number of pyridine rings is 1. The smallest absolute Gasteiger partial charge is 0.280 e. The maximum Gasteiger partial charge on any atom is 0.280 e. The number of hydrogen-bond acceptors (Lipinski definition) is 6. The Bertz CT molecular complexity index is 1470. The number of carbonyl (C=O) groups is 2. The second kappa shape index (κ2) is 9.34. The van der Waals surface area contributed by atoms with Crippen LogP contribution in [0, 0.1) is 20.8 Å². The zero-order chi connectivity index (χ0) is 25.6. The van der Waals surface area contributed by atoms with Gasteiger partial charge in [-0.15, -0.1) is 11.3 Å². The summed E-state index contributed by atoms with van der Waals surface area (Å²) in [6.07, 6.45) is -1.13. The first kappa shape index (κ1) is 24.7. The molecular formula is C22H22ClF2N7O2S. The van der Waals surface area contributed by atoms with E-state index in [1.807, 2.05) is 0 Å². The number of aryl methyl sites for hydroxylation is 4. The molecule has 0 spiro atoms. The van der Waals surface area contributed by atoms with E-state index in [0.29, 0.717) is 32.9 Å². The standard InChI is InChI=1S/C22H22ClF2N7O2S/c1-9-13(8-31(4)29-9)12-7-14(20(24)25)27-22-16(12)18(19(35-22)21(26)34)28-15(33)5-6-32-11(3)17(23)10(2)30-32/h7-8,20H,5-6H2,1-4H3,(H2,26,34)(H,28,33). The Morgan fingerprint density at radius 3 is 2.46 bits per heavy atom. The fourth-order valence-corrected chi connectivity index (χ4v) is 5.05. The first-order valence-corrected chi connectivity index (χ1v) is 11.7. The fraction of sp³-hybridized carbons (Fsp3) is 0.318. The van der Waals surface area contributed by atoms with Gasteiger partial charge in [0.2, 0.25) is 5.91 Å². The third kappa shape index (κ3) is 4.63. The SMILES string of the molecule is Cc1nn(C)cc1-c1cc(C(F)F)nc2sc(C(N)=O)c(NC(=O)CCn3nc(C)c(Cl)c3C)c12. The van der Waals surface area contributed by atoms with Crippen molar-refractivity contribution in [3.05, 3.63) is 44.9 Å². The van der Waals surface area contributed by atoms with Crippen molar-refractivity contribution in [2.24, 2.45) is 12.8 Å². The van der Waals surface area contributed by atoms with Gasteiger partial charge in [0, 0.05) is 30.6 Å². The maximum atomic E-state index is 13.6. The average molecular weight is 522 g/mol. The summed E-state index contributed by atoms with van der Waals surface area (Å²) in [6.45, 7) is 5.56. The van der Waals surface area contributed by atoms with Crippen LogP contribution in [0.4, 0.5) is 14.5 Å². The predicted molar refractivity (Wildman–Crippen MR) is 130 cm³/mol. The van der Waals surface area contributed by atoms with E-state index in [1.54, 1.807) is 43.4 Å². The molecule has 4 aromatic heterocycles. The van der Waals surface area contributed by atoms with Crippen molar-refractivity contribution in [2.45, 2.75) is 40.2 Å². The molecule has 0 aliphatic heterocycles. The van der Waals surface area contributed by atoms with Crippen LogP contribution in [0.3, 0.4) is 0 Å². The molecule has 0 aromatic carbocycles. The molecule has 9 nitrogen and oxygen atoms in total. The number of alkyl halides is 2. The van der Waals surface area contributed by atoms with Crippen LogP contribution < -0.4 is 11.1 Å². The lowest BCUT2D eigenvalue weighted by atomic mass is 10.0. The summed E-state index contributed by atoms with van der Waals surface area (Å²) in [5.41, 5.74) is 8.19. The van der Waals surface area contributed by atoms with E-state index in [9.17, 15) is 18.4 Å². The monoisotopic (exact) mass is 521 g/mol. The lowest BCUT2D eigenvalue weighted by Crippen LogP contribution is -2.18. The molecule has 0 bridgehead atoms. The van der Waals surface area contributed by atoms with Crippen molar-refractivity contribution in [3.63, 3.8) is 0 Å². The molecule has 0 radical (unpaired) electrons. The number of fused-ring (bicyclic) bond motifs is 1. The van der Waals surface area contributed by atoms with Crippen LogP contribution in [0.1, 0.15) is 45.3 Å². The largest absolute Gasteiger partial charge is 0.365 e. The molecule has 4 heterocycles. The third-order valence-electron chi connectivity index (χ3n) is 5.54. The van der Waals surface area contributed by atoms with Crippen molar-refractivity contribution in [1.29, 1.82) is 0 Å². The van der Waals surface area contributed by atoms with Gasteiger partial charge in [-0.1, -0.05) is 11.6 Å². The second-order valence-corrected chi connectivity index (χ2v) is 9.43.